The lowest BCUT2D eigenvalue weighted by molar-refractivity contribution is -0.159. The van der Waals surface area contributed by atoms with Gasteiger partial charge in [-0.3, -0.25) is 4.90 Å². The number of aromatic amines is 1. The zero-order valence-electron chi connectivity index (χ0n) is 21.8. The van der Waals surface area contributed by atoms with Crippen LogP contribution in [0.2, 0.25) is 0 Å². The number of rotatable bonds is 6. The number of aliphatic hydroxyl groups excluding tert-OH is 1. The van der Waals surface area contributed by atoms with Gasteiger partial charge in [-0.25, -0.2) is 9.59 Å². The van der Waals surface area contributed by atoms with Crippen molar-refractivity contribution in [3.8, 4) is 5.75 Å². The van der Waals surface area contributed by atoms with Gasteiger partial charge in [0.25, 0.3) is 0 Å². The highest BCUT2D eigenvalue weighted by Crippen LogP contribution is 2.39. The summed E-state index contributed by atoms with van der Waals surface area (Å²) in [6, 6.07) is 17.6. The number of nitrogens with zero attached hydrogens (tertiary/aromatic N) is 1. The van der Waals surface area contributed by atoms with Gasteiger partial charge in [0.15, 0.2) is 0 Å². The minimum absolute atomic E-state index is 0.311. The second kappa shape index (κ2) is 12.0. The average molecular weight is 539 g/mol. The molecule has 1 saturated heterocycles. The van der Waals surface area contributed by atoms with E-state index in [1.54, 1.807) is 0 Å². The molecular weight excluding hydrogens is 504 g/mol. The maximum Gasteiger partial charge on any atom is 0.414 e. The number of nitrogens with one attached hydrogen (secondary N) is 1. The number of aliphatic hydroxyl groups is 1. The first kappa shape index (κ1) is 27.6. The Hall–Kier alpha value is -3.40. The summed E-state index contributed by atoms with van der Waals surface area (Å²) in [5, 5.41) is 28.0. The van der Waals surface area contributed by atoms with Crippen molar-refractivity contribution in [2.24, 2.45) is 0 Å². The number of fused-ring (bicyclic) bond motifs is 2. The van der Waals surface area contributed by atoms with Gasteiger partial charge in [-0.05, 0) is 87.4 Å². The van der Waals surface area contributed by atoms with Crippen LogP contribution in [0.5, 0.6) is 5.75 Å². The molecule has 0 amide bonds. The second-order valence-corrected chi connectivity index (χ2v) is 11.1. The number of hydrogen-bond acceptors (Lipinski definition) is 6. The first-order valence-corrected chi connectivity index (χ1v) is 13.5. The number of aryl methyl sites for hydroxylation is 2. The molecule has 0 aliphatic carbocycles. The molecule has 0 saturated carbocycles. The number of carbonyl (C=O) groups is 2. The van der Waals surface area contributed by atoms with Crippen molar-refractivity contribution in [2.45, 2.75) is 51.7 Å². The predicted molar refractivity (Wildman–Crippen MR) is 149 cm³/mol. The molecule has 1 aliphatic rings. The van der Waals surface area contributed by atoms with Crippen LogP contribution in [-0.4, -0.2) is 69.0 Å². The lowest BCUT2D eigenvalue weighted by Crippen LogP contribution is -2.45. The molecule has 2 aromatic carbocycles. The van der Waals surface area contributed by atoms with E-state index in [4.69, 9.17) is 24.5 Å². The third-order valence-corrected chi connectivity index (χ3v) is 8.30. The van der Waals surface area contributed by atoms with E-state index >= 15 is 0 Å². The molecule has 3 heterocycles. The molecule has 9 heteroatoms. The minimum atomic E-state index is -1.82. The van der Waals surface area contributed by atoms with E-state index < -0.39 is 18.0 Å². The molecule has 0 bridgehead atoms. The van der Waals surface area contributed by atoms with Crippen molar-refractivity contribution in [3.63, 3.8) is 0 Å². The van der Waals surface area contributed by atoms with E-state index in [9.17, 15) is 5.11 Å². The SMILES string of the molecule is Cc1cc2c(OC[C@@H](O)CN3CC[C@@H](c4cc5c(C)cccc5s4)C[C@@H]3C)cccc2[nH]1.O=C(O)C(=O)O. The van der Waals surface area contributed by atoms with Crippen molar-refractivity contribution in [3.05, 3.63) is 64.7 Å². The summed E-state index contributed by atoms with van der Waals surface area (Å²) >= 11 is 1.95. The van der Waals surface area contributed by atoms with Crippen molar-refractivity contribution >= 4 is 44.3 Å². The first-order valence-electron chi connectivity index (χ1n) is 12.7. The summed E-state index contributed by atoms with van der Waals surface area (Å²) in [5.41, 5.74) is 3.55. The Morgan fingerprint density at radius 3 is 2.53 bits per heavy atom. The van der Waals surface area contributed by atoms with E-state index in [0.29, 0.717) is 25.1 Å². The largest absolute Gasteiger partial charge is 0.490 e. The van der Waals surface area contributed by atoms with Gasteiger partial charge in [-0.15, -0.1) is 11.3 Å². The van der Waals surface area contributed by atoms with Crippen LogP contribution in [0.1, 0.15) is 41.8 Å². The molecule has 0 spiro atoms. The van der Waals surface area contributed by atoms with Crippen LogP contribution in [0.25, 0.3) is 21.0 Å². The zero-order valence-corrected chi connectivity index (χ0v) is 22.6. The molecule has 4 N–H and O–H groups in total. The maximum atomic E-state index is 10.7. The molecule has 38 heavy (non-hydrogen) atoms. The van der Waals surface area contributed by atoms with Crippen LogP contribution in [0.4, 0.5) is 0 Å². The fraction of sp³-hybridized carbons (Fsp3) is 0.379. The standard InChI is InChI=1S/C27H32N2O2S.C2H2O4/c1-17-6-4-9-26-22(17)14-27(32-26)20-10-11-29(19(3)13-20)15-21(30)16-31-25-8-5-7-24-23(25)12-18(2)28-24;3-1(4)2(5)6/h4-9,12,14,19-21,28,30H,10-11,13,15-16H2,1-3H3;(H,3,4)(H,5,6)/t19-,20+,21-;/m0./s1. The smallest absolute Gasteiger partial charge is 0.414 e. The molecule has 3 atom stereocenters. The van der Waals surface area contributed by atoms with E-state index in [1.807, 2.05) is 30.4 Å². The monoisotopic (exact) mass is 538 g/mol. The Labute approximate surface area is 225 Å². The molecule has 1 aliphatic heterocycles. The van der Waals surface area contributed by atoms with Crippen LogP contribution >= 0.6 is 11.3 Å². The Kier molecular flexibility index (Phi) is 8.71. The number of piperidine rings is 1. The van der Waals surface area contributed by atoms with E-state index in [2.05, 4.69) is 60.1 Å². The van der Waals surface area contributed by atoms with Crippen molar-refractivity contribution < 1.29 is 29.6 Å². The quantitative estimate of drug-likeness (QED) is 0.250. The number of carboxylic acid groups (broad SMARTS) is 2. The number of carboxylic acids is 2. The summed E-state index contributed by atoms with van der Waals surface area (Å²) < 4.78 is 7.41. The van der Waals surface area contributed by atoms with Crippen LogP contribution in [0, 0.1) is 13.8 Å². The molecule has 0 unspecified atom stereocenters. The average Bonchev–Trinajstić information content (AvgIpc) is 3.48. The van der Waals surface area contributed by atoms with Crippen molar-refractivity contribution in [1.82, 2.24) is 9.88 Å². The van der Waals surface area contributed by atoms with Crippen LogP contribution in [-0.2, 0) is 9.59 Å². The van der Waals surface area contributed by atoms with Gasteiger partial charge < -0.3 is 25.0 Å². The number of aliphatic carboxylic acids is 2. The molecule has 202 valence electrons. The molecule has 2 aromatic heterocycles. The molecule has 5 rings (SSSR count). The zero-order chi connectivity index (χ0) is 27.4. The first-order chi connectivity index (χ1) is 18.1. The van der Waals surface area contributed by atoms with E-state index in [-0.39, 0.29) is 0 Å². The summed E-state index contributed by atoms with van der Waals surface area (Å²) in [6.45, 7) is 8.52. The van der Waals surface area contributed by atoms with Crippen LogP contribution < -0.4 is 4.74 Å². The van der Waals surface area contributed by atoms with Crippen LogP contribution in [0.3, 0.4) is 0 Å². The Morgan fingerprint density at radius 1 is 1.11 bits per heavy atom. The van der Waals surface area contributed by atoms with Crippen LogP contribution in [0.15, 0.2) is 48.5 Å². The number of ether oxygens (including phenoxy) is 1. The summed E-state index contributed by atoms with van der Waals surface area (Å²) in [4.78, 5) is 25.5. The van der Waals surface area contributed by atoms with Gasteiger partial charge in [0.2, 0.25) is 0 Å². The molecule has 1 fully saturated rings. The number of H-pyrrole nitrogens is 1. The van der Waals surface area contributed by atoms with Gasteiger partial charge in [-0.2, -0.15) is 0 Å². The van der Waals surface area contributed by atoms with E-state index in [1.165, 1.54) is 20.5 Å². The highest BCUT2D eigenvalue weighted by molar-refractivity contribution is 7.19. The summed E-state index contributed by atoms with van der Waals surface area (Å²) in [5.74, 6) is -2.21. The molecule has 4 aromatic rings. The molecule has 0 radical (unpaired) electrons. The van der Waals surface area contributed by atoms with Gasteiger partial charge in [0, 0.05) is 38.8 Å². The number of β-amino-alcohol motifs (C(OH)–C–C–N with tert-alkyl or cyclic N) is 1. The fourth-order valence-electron chi connectivity index (χ4n) is 5.08. The second-order valence-electron chi connectivity index (χ2n) is 9.95. The maximum absolute atomic E-state index is 10.7. The normalized spacial score (nSPS) is 18.6. The lowest BCUT2D eigenvalue weighted by atomic mass is 9.90. The third kappa shape index (κ3) is 6.53. The molecule has 8 nitrogen and oxygen atoms in total. The Balaban J connectivity index is 0.000000505. The summed E-state index contributed by atoms with van der Waals surface area (Å²) in [7, 11) is 0. The van der Waals surface area contributed by atoms with Gasteiger partial charge >= 0.3 is 11.9 Å². The van der Waals surface area contributed by atoms with Gasteiger partial charge in [0.05, 0.1) is 0 Å². The third-order valence-electron chi connectivity index (χ3n) is 7.03. The Bertz CT molecular complexity index is 1420. The highest BCUT2D eigenvalue weighted by Gasteiger charge is 2.29. The van der Waals surface area contributed by atoms with Crippen molar-refractivity contribution in [2.75, 3.05) is 19.7 Å². The number of likely N-dealkylation sites (tertiary alicyclic amines) is 1. The van der Waals surface area contributed by atoms with Crippen molar-refractivity contribution in [1.29, 1.82) is 0 Å². The number of thiophene rings is 1. The Morgan fingerprint density at radius 2 is 1.84 bits per heavy atom. The highest BCUT2D eigenvalue weighted by atomic mass is 32.1. The fourth-order valence-corrected chi connectivity index (χ4v) is 6.37. The lowest BCUT2D eigenvalue weighted by Gasteiger charge is -2.38. The topological polar surface area (TPSA) is 123 Å². The minimum Gasteiger partial charge on any atom is -0.490 e. The van der Waals surface area contributed by atoms with E-state index in [0.717, 1.165) is 41.7 Å². The van der Waals surface area contributed by atoms with Gasteiger partial charge in [-0.1, -0.05) is 18.2 Å². The summed E-state index contributed by atoms with van der Waals surface area (Å²) in [6.07, 6.45) is 1.78. The van der Waals surface area contributed by atoms with Gasteiger partial charge in [0.1, 0.15) is 18.5 Å². The predicted octanol–water partition coefficient (Wildman–Crippen LogP) is 5.16. The number of aromatic nitrogens is 1. The number of benzene rings is 2. The molecular formula is C29H34N2O6S. The number of hydrogen-bond donors (Lipinski definition) is 4.